The molecule has 0 amide bonds. The summed E-state index contributed by atoms with van der Waals surface area (Å²) in [4.78, 5) is 2.53. The highest BCUT2D eigenvalue weighted by Gasteiger charge is 2.19. The molecule has 1 N–H and O–H groups in total. The maximum Gasteiger partial charge on any atom is 0.0702 e. The van der Waals surface area contributed by atoms with Crippen LogP contribution >= 0.6 is 0 Å². The zero-order valence-corrected chi connectivity index (χ0v) is 11.9. The van der Waals surface area contributed by atoms with Gasteiger partial charge >= 0.3 is 0 Å². The summed E-state index contributed by atoms with van der Waals surface area (Å²) in [7, 11) is 0. The number of nitrogens with zero attached hydrogens (tertiary/aromatic N) is 1. The largest absolute Gasteiger partial charge is 0.377 e. The fourth-order valence-corrected chi connectivity index (χ4v) is 2.34. The lowest BCUT2D eigenvalue weighted by molar-refractivity contribution is 0.00637. The Hall–Kier alpha value is -0.120. The quantitative estimate of drug-likeness (QED) is 0.660. The molecule has 17 heavy (non-hydrogen) atoms. The first-order chi connectivity index (χ1) is 8.22. The summed E-state index contributed by atoms with van der Waals surface area (Å²) in [5, 5.41) is 3.53. The van der Waals surface area contributed by atoms with E-state index in [2.05, 4.69) is 31.0 Å². The summed E-state index contributed by atoms with van der Waals surface area (Å²) in [5.41, 5.74) is 0. The van der Waals surface area contributed by atoms with Crippen LogP contribution in [0.2, 0.25) is 0 Å². The minimum atomic E-state index is 0.476. The van der Waals surface area contributed by atoms with Gasteiger partial charge < -0.3 is 10.1 Å². The molecule has 0 aromatic carbocycles. The minimum Gasteiger partial charge on any atom is -0.377 e. The molecule has 1 heterocycles. The van der Waals surface area contributed by atoms with Gasteiger partial charge in [0.15, 0.2) is 0 Å². The van der Waals surface area contributed by atoms with Gasteiger partial charge in [-0.1, -0.05) is 13.8 Å². The third kappa shape index (κ3) is 7.02. The van der Waals surface area contributed by atoms with Crippen molar-refractivity contribution in [3.8, 4) is 0 Å². The third-order valence-electron chi connectivity index (χ3n) is 3.37. The molecule has 0 bridgehead atoms. The molecular weight excluding hydrogens is 212 g/mol. The molecule has 0 spiro atoms. The van der Waals surface area contributed by atoms with Crippen LogP contribution in [0.15, 0.2) is 0 Å². The molecule has 1 unspecified atom stereocenters. The maximum absolute atomic E-state index is 5.71. The minimum absolute atomic E-state index is 0.476. The van der Waals surface area contributed by atoms with E-state index in [1.165, 1.54) is 32.4 Å². The second kappa shape index (κ2) is 8.90. The molecule has 3 nitrogen and oxygen atoms in total. The predicted molar refractivity (Wildman–Crippen MR) is 73.4 cm³/mol. The molecule has 0 radical (unpaired) electrons. The normalized spacial score (nSPS) is 22.2. The molecule has 0 saturated carbocycles. The molecule has 1 atom stereocenters. The molecule has 1 aliphatic heterocycles. The Balaban J connectivity index is 2.02. The Morgan fingerprint density at radius 3 is 2.88 bits per heavy atom. The average Bonchev–Trinajstić information content (AvgIpc) is 2.29. The fraction of sp³-hybridized carbons (Fsp3) is 1.00. The van der Waals surface area contributed by atoms with E-state index in [-0.39, 0.29) is 0 Å². The van der Waals surface area contributed by atoms with Crippen molar-refractivity contribution in [3.63, 3.8) is 0 Å². The molecule has 0 aromatic rings. The van der Waals surface area contributed by atoms with Crippen molar-refractivity contribution < 1.29 is 4.74 Å². The number of piperidine rings is 1. The molecule has 1 aliphatic rings. The van der Waals surface area contributed by atoms with Crippen LogP contribution in [0, 0.1) is 5.92 Å². The Morgan fingerprint density at radius 2 is 2.18 bits per heavy atom. The number of hydrogen-bond acceptors (Lipinski definition) is 3. The molecule has 3 heteroatoms. The van der Waals surface area contributed by atoms with Gasteiger partial charge in [0.2, 0.25) is 0 Å². The van der Waals surface area contributed by atoms with Gasteiger partial charge in [0.25, 0.3) is 0 Å². The summed E-state index contributed by atoms with van der Waals surface area (Å²) in [6.45, 7) is 13.3. The third-order valence-corrected chi connectivity index (χ3v) is 3.37. The van der Waals surface area contributed by atoms with Gasteiger partial charge in [-0.2, -0.15) is 0 Å². The van der Waals surface area contributed by atoms with Gasteiger partial charge in [-0.25, -0.2) is 0 Å². The molecule has 102 valence electrons. The number of likely N-dealkylation sites (tertiary alicyclic amines) is 1. The SMILES string of the molecule is CCOC1CCCN(CCNCCC(C)C)C1. The van der Waals surface area contributed by atoms with Crippen LogP contribution in [0.25, 0.3) is 0 Å². The topological polar surface area (TPSA) is 24.5 Å². The summed E-state index contributed by atoms with van der Waals surface area (Å²) < 4.78 is 5.71. The molecule has 0 aliphatic carbocycles. The van der Waals surface area contributed by atoms with Gasteiger partial charge in [-0.3, -0.25) is 4.90 Å². The second-order valence-electron chi connectivity index (χ2n) is 5.45. The first kappa shape index (κ1) is 14.9. The smallest absolute Gasteiger partial charge is 0.0702 e. The Bertz CT molecular complexity index is 183. The van der Waals surface area contributed by atoms with Crippen molar-refractivity contribution in [3.05, 3.63) is 0 Å². The van der Waals surface area contributed by atoms with Gasteiger partial charge in [-0.15, -0.1) is 0 Å². The molecular formula is C14H30N2O. The van der Waals surface area contributed by atoms with Crippen molar-refractivity contribution >= 4 is 0 Å². The van der Waals surface area contributed by atoms with Crippen molar-refractivity contribution in [2.45, 2.75) is 46.1 Å². The molecule has 1 fully saturated rings. The van der Waals surface area contributed by atoms with Crippen LogP contribution in [-0.2, 0) is 4.74 Å². The van der Waals surface area contributed by atoms with Gasteiger partial charge in [0.05, 0.1) is 6.10 Å². The lowest BCUT2D eigenvalue weighted by Crippen LogP contribution is -2.42. The molecule has 1 rings (SSSR count). The van der Waals surface area contributed by atoms with Crippen LogP contribution in [-0.4, -0.2) is 50.3 Å². The Morgan fingerprint density at radius 1 is 1.35 bits per heavy atom. The number of nitrogens with one attached hydrogen (secondary N) is 1. The highest BCUT2D eigenvalue weighted by Crippen LogP contribution is 2.12. The van der Waals surface area contributed by atoms with E-state index in [9.17, 15) is 0 Å². The second-order valence-corrected chi connectivity index (χ2v) is 5.45. The van der Waals surface area contributed by atoms with Crippen LogP contribution in [0.3, 0.4) is 0 Å². The predicted octanol–water partition coefficient (Wildman–Crippen LogP) is 2.12. The highest BCUT2D eigenvalue weighted by molar-refractivity contribution is 4.73. The Labute approximate surface area is 107 Å². The molecule has 0 aromatic heterocycles. The van der Waals surface area contributed by atoms with Crippen LogP contribution in [0.1, 0.15) is 40.0 Å². The number of rotatable bonds is 8. The van der Waals surface area contributed by atoms with Crippen LogP contribution < -0.4 is 5.32 Å². The standard InChI is InChI=1S/C14H30N2O/c1-4-17-14-6-5-10-16(12-14)11-9-15-8-7-13(2)3/h13-15H,4-12H2,1-3H3. The summed E-state index contributed by atoms with van der Waals surface area (Å²) in [5.74, 6) is 0.805. The van der Waals surface area contributed by atoms with Crippen molar-refractivity contribution in [2.24, 2.45) is 5.92 Å². The van der Waals surface area contributed by atoms with E-state index in [1.807, 2.05) is 0 Å². The fourth-order valence-electron chi connectivity index (χ4n) is 2.34. The van der Waals surface area contributed by atoms with Gasteiger partial charge in [-0.05, 0) is 45.2 Å². The monoisotopic (exact) mass is 242 g/mol. The number of hydrogen-bond donors (Lipinski definition) is 1. The van der Waals surface area contributed by atoms with Crippen LogP contribution in [0.5, 0.6) is 0 Å². The average molecular weight is 242 g/mol. The van der Waals surface area contributed by atoms with E-state index < -0.39 is 0 Å². The van der Waals surface area contributed by atoms with Crippen molar-refractivity contribution in [1.82, 2.24) is 10.2 Å². The Kier molecular flexibility index (Phi) is 7.82. The number of ether oxygens (including phenoxy) is 1. The lowest BCUT2D eigenvalue weighted by Gasteiger charge is -2.32. The molecule has 1 saturated heterocycles. The van der Waals surface area contributed by atoms with Crippen LogP contribution in [0.4, 0.5) is 0 Å². The zero-order chi connectivity index (χ0) is 12.5. The van der Waals surface area contributed by atoms with E-state index in [4.69, 9.17) is 4.74 Å². The van der Waals surface area contributed by atoms with Crippen molar-refractivity contribution in [2.75, 3.05) is 39.3 Å². The first-order valence-electron chi connectivity index (χ1n) is 7.27. The van der Waals surface area contributed by atoms with E-state index in [1.54, 1.807) is 0 Å². The summed E-state index contributed by atoms with van der Waals surface area (Å²) in [6, 6.07) is 0. The van der Waals surface area contributed by atoms with Gasteiger partial charge in [0.1, 0.15) is 0 Å². The maximum atomic E-state index is 5.71. The van der Waals surface area contributed by atoms with E-state index in [0.29, 0.717) is 6.10 Å². The summed E-state index contributed by atoms with van der Waals surface area (Å²) >= 11 is 0. The van der Waals surface area contributed by atoms with Crippen molar-refractivity contribution in [1.29, 1.82) is 0 Å². The zero-order valence-electron chi connectivity index (χ0n) is 11.9. The van der Waals surface area contributed by atoms with E-state index in [0.717, 1.165) is 32.2 Å². The highest BCUT2D eigenvalue weighted by atomic mass is 16.5. The summed E-state index contributed by atoms with van der Waals surface area (Å²) in [6.07, 6.45) is 4.29. The van der Waals surface area contributed by atoms with Gasteiger partial charge in [0, 0.05) is 26.2 Å². The first-order valence-corrected chi connectivity index (χ1v) is 7.27. The van der Waals surface area contributed by atoms with E-state index >= 15 is 0 Å². The lowest BCUT2D eigenvalue weighted by atomic mass is 10.1.